The lowest BCUT2D eigenvalue weighted by atomic mass is 10.0. The SMILES string of the molecule is CC(C)c1cnn2ccc(-c3nc(Cc4ccc(N5CCN(CCO)CCC5=O)cn4)ncc3F)cc12. The molecule has 0 atom stereocenters. The third-order valence-corrected chi connectivity index (χ3v) is 6.70. The van der Waals surface area contributed by atoms with E-state index >= 15 is 0 Å². The molecule has 5 rings (SSSR count). The first-order valence-corrected chi connectivity index (χ1v) is 12.5. The molecule has 1 saturated heterocycles. The highest BCUT2D eigenvalue weighted by atomic mass is 19.1. The van der Waals surface area contributed by atoms with Crippen LogP contribution in [0.5, 0.6) is 0 Å². The van der Waals surface area contributed by atoms with Crippen LogP contribution in [0.4, 0.5) is 10.1 Å². The molecule has 4 aromatic rings. The quantitative estimate of drug-likeness (QED) is 0.414. The number of aliphatic hydroxyl groups excluding tert-OH is 1. The first-order chi connectivity index (χ1) is 17.9. The average Bonchev–Trinajstić information content (AvgIpc) is 3.24. The van der Waals surface area contributed by atoms with Crippen molar-refractivity contribution >= 4 is 17.1 Å². The van der Waals surface area contributed by atoms with Crippen LogP contribution in [0.3, 0.4) is 0 Å². The topological polar surface area (TPSA) is 99.8 Å². The highest BCUT2D eigenvalue weighted by molar-refractivity contribution is 5.93. The molecule has 1 aliphatic rings. The van der Waals surface area contributed by atoms with Crippen LogP contribution in [0.1, 0.15) is 43.3 Å². The van der Waals surface area contributed by atoms with Crippen molar-refractivity contribution in [2.24, 2.45) is 0 Å². The number of fused-ring (bicyclic) bond motifs is 1. The Morgan fingerprint density at radius 1 is 1.08 bits per heavy atom. The molecule has 10 heteroatoms. The Morgan fingerprint density at radius 2 is 1.95 bits per heavy atom. The van der Waals surface area contributed by atoms with Gasteiger partial charge in [-0.3, -0.25) is 14.7 Å². The number of hydrogen-bond donors (Lipinski definition) is 1. The summed E-state index contributed by atoms with van der Waals surface area (Å²) in [5.74, 6) is 0.297. The second-order valence-electron chi connectivity index (χ2n) is 9.53. The number of pyridine rings is 2. The summed E-state index contributed by atoms with van der Waals surface area (Å²) >= 11 is 0. The maximum atomic E-state index is 14.8. The summed E-state index contributed by atoms with van der Waals surface area (Å²) < 4.78 is 16.5. The Bertz CT molecular complexity index is 1400. The summed E-state index contributed by atoms with van der Waals surface area (Å²) in [5.41, 5.74) is 4.36. The van der Waals surface area contributed by atoms with Gasteiger partial charge in [-0.05, 0) is 30.2 Å². The van der Waals surface area contributed by atoms with Crippen LogP contribution in [0, 0.1) is 5.82 Å². The molecule has 4 aromatic heterocycles. The molecule has 192 valence electrons. The highest BCUT2D eigenvalue weighted by Crippen LogP contribution is 2.26. The van der Waals surface area contributed by atoms with E-state index in [1.54, 1.807) is 21.7 Å². The second kappa shape index (κ2) is 10.7. The zero-order valence-electron chi connectivity index (χ0n) is 21.0. The summed E-state index contributed by atoms with van der Waals surface area (Å²) in [6.07, 6.45) is 7.26. The fraction of sp³-hybridized carbons (Fsp3) is 0.370. The molecular formula is C27H30FN7O2. The molecule has 0 saturated carbocycles. The van der Waals surface area contributed by atoms with Crippen LogP contribution >= 0.6 is 0 Å². The largest absolute Gasteiger partial charge is 0.395 e. The lowest BCUT2D eigenvalue weighted by Gasteiger charge is -2.21. The van der Waals surface area contributed by atoms with Gasteiger partial charge in [0.25, 0.3) is 0 Å². The first kappa shape index (κ1) is 24.9. The molecule has 0 spiro atoms. The number of carbonyl (C=O) groups excluding carboxylic acids is 1. The number of halogens is 1. The van der Waals surface area contributed by atoms with Crippen molar-refractivity contribution in [1.82, 2.24) is 29.5 Å². The predicted molar refractivity (Wildman–Crippen MR) is 138 cm³/mol. The fourth-order valence-electron chi connectivity index (χ4n) is 4.63. The van der Waals surface area contributed by atoms with Crippen molar-refractivity contribution in [2.75, 3.05) is 37.7 Å². The normalized spacial score (nSPS) is 15.1. The van der Waals surface area contributed by atoms with Crippen molar-refractivity contribution in [3.05, 3.63) is 72.0 Å². The lowest BCUT2D eigenvalue weighted by Crippen LogP contribution is -2.34. The van der Waals surface area contributed by atoms with Gasteiger partial charge in [0, 0.05) is 55.6 Å². The van der Waals surface area contributed by atoms with Gasteiger partial charge in [-0.1, -0.05) is 13.8 Å². The van der Waals surface area contributed by atoms with Crippen molar-refractivity contribution in [2.45, 2.75) is 32.6 Å². The maximum Gasteiger partial charge on any atom is 0.228 e. The molecule has 1 N–H and O–H groups in total. The van der Waals surface area contributed by atoms with E-state index in [0.717, 1.165) is 22.5 Å². The van der Waals surface area contributed by atoms with E-state index in [1.807, 2.05) is 30.6 Å². The Hall–Kier alpha value is -3.76. The standard InChI is InChI=1S/C27H30FN7O2/c1-18(2)22-16-31-35-8-5-19(13-24(22)35)27-23(28)17-30-25(32-27)14-20-3-4-21(15-29-20)34-10-9-33(11-12-36)7-6-26(34)37/h3-5,8,13,15-18,36H,6-7,9-12,14H2,1-2H3. The van der Waals surface area contributed by atoms with Gasteiger partial charge in [0.2, 0.25) is 5.91 Å². The minimum Gasteiger partial charge on any atom is -0.395 e. The van der Waals surface area contributed by atoms with Gasteiger partial charge < -0.3 is 10.0 Å². The zero-order chi connectivity index (χ0) is 25.9. The molecule has 5 heterocycles. The van der Waals surface area contributed by atoms with Gasteiger partial charge in [0.05, 0.1) is 42.8 Å². The van der Waals surface area contributed by atoms with Gasteiger partial charge in [0.15, 0.2) is 5.82 Å². The second-order valence-corrected chi connectivity index (χ2v) is 9.53. The fourth-order valence-corrected chi connectivity index (χ4v) is 4.63. The van der Waals surface area contributed by atoms with Crippen LogP contribution in [-0.2, 0) is 11.2 Å². The minimum absolute atomic E-state index is 0.0391. The number of hydrogen-bond acceptors (Lipinski definition) is 7. The number of amides is 1. The summed E-state index contributed by atoms with van der Waals surface area (Å²) in [6.45, 7) is 6.72. The van der Waals surface area contributed by atoms with E-state index in [-0.39, 0.29) is 24.1 Å². The van der Waals surface area contributed by atoms with Crippen LogP contribution in [0.2, 0.25) is 0 Å². The molecular weight excluding hydrogens is 473 g/mol. The zero-order valence-corrected chi connectivity index (χ0v) is 21.0. The molecule has 0 unspecified atom stereocenters. The lowest BCUT2D eigenvalue weighted by molar-refractivity contribution is -0.118. The van der Waals surface area contributed by atoms with E-state index < -0.39 is 5.82 Å². The number of aliphatic hydroxyl groups is 1. The molecule has 0 bridgehead atoms. The number of rotatable bonds is 7. The molecule has 1 aliphatic heterocycles. The molecule has 1 amide bonds. The van der Waals surface area contributed by atoms with E-state index in [1.165, 1.54) is 6.20 Å². The summed E-state index contributed by atoms with van der Waals surface area (Å²) in [5, 5.41) is 13.6. The van der Waals surface area contributed by atoms with Crippen molar-refractivity contribution < 1.29 is 14.3 Å². The molecule has 0 radical (unpaired) electrons. The average molecular weight is 504 g/mol. The number of nitrogens with zero attached hydrogens (tertiary/aromatic N) is 7. The van der Waals surface area contributed by atoms with E-state index in [2.05, 4.69) is 38.8 Å². The Labute approximate surface area is 214 Å². The maximum absolute atomic E-state index is 14.8. The highest BCUT2D eigenvalue weighted by Gasteiger charge is 2.22. The van der Waals surface area contributed by atoms with Crippen LogP contribution < -0.4 is 4.90 Å². The predicted octanol–water partition coefficient (Wildman–Crippen LogP) is 3.07. The monoisotopic (exact) mass is 503 g/mol. The minimum atomic E-state index is -0.489. The van der Waals surface area contributed by atoms with E-state index in [0.29, 0.717) is 50.4 Å². The van der Waals surface area contributed by atoms with Crippen LogP contribution in [0.15, 0.2) is 49.1 Å². The first-order valence-electron chi connectivity index (χ1n) is 12.5. The third-order valence-electron chi connectivity index (χ3n) is 6.70. The third kappa shape index (κ3) is 5.35. The smallest absolute Gasteiger partial charge is 0.228 e. The molecule has 37 heavy (non-hydrogen) atoms. The van der Waals surface area contributed by atoms with Gasteiger partial charge in [-0.25, -0.2) is 18.9 Å². The number of aromatic nitrogens is 5. The van der Waals surface area contributed by atoms with Crippen LogP contribution in [0.25, 0.3) is 16.8 Å². The summed E-state index contributed by atoms with van der Waals surface area (Å²) in [6, 6.07) is 7.42. The number of anilines is 1. The number of β-amino-alcohol motifs (C(OH)–C–C–N with tert-alkyl or cyclic N) is 1. The van der Waals surface area contributed by atoms with Gasteiger partial charge >= 0.3 is 0 Å². The van der Waals surface area contributed by atoms with Crippen molar-refractivity contribution in [1.29, 1.82) is 0 Å². The molecule has 1 fully saturated rings. The van der Waals surface area contributed by atoms with Crippen molar-refractivity contribution in [3.63, 3.8) is 0 Å². The van der Waals surface area contributed by atoms with Gasteiger partial charge in [-0.2, -0.15) is 5.10 Å². The molecule has 0 aliphatic carbocycles. The summed E-state index contributed by atoms with van der Waals surface area (Å²) in [4.78, 5) is 29.7. The Morgan fingerprint density at radius 3 is 2.70 bits per heavy atom. The molecule has 9 nitrogen and oxygen atoms in total. The Kier molecular flexibility index (Phi) is 7.20. The Balaban J connectivity index is 1.34. The summed E-state index contributed by atoms with van der Waals surface area (Å²) in [7, 11) is 0. The van der Waals surface area contributed by atoms with Gasteiger partial charge in [0.1, 0.15) is 11.5 Å². The van der Waals surface area contributed by atoms with Crippen LogP contribution in [-0.4, -0.2) is 73.3 Å². The number of carbonyl (C=O) groups is 1. The van der Waals surface area contributed by atoms with Gasteiger partial charge in [-0.15, -0.1) is 0 Å². The van der Waals surface area contributed by atoms with Crippen molar-refractivity contribution in [3.8, 4) is 11.3 Å². The van der Waals surface area contributed by atoms with E-state index in [9.17, 15) is 14.3 Å². The van der Waals surface area contributed by atoms with E-state index in [4.69, 9.17) is 0 Å². The molecule has 0 aromatic carbocycles.